The lowest BCUT2D eigenvalue weighted by molar-refractivity contribution is 0.974. The highest BCUT2D eigenvalue weighted by atomic mass is 35.5. The van der Waals surface area contributed by atoms with Crippen molar-refractivity contribution in [3.05, 3.63) is 27.3 Å². The van der Waals surface area contributed by atoms with Gasteiger partial charge in [-0.2, -0.15) is 0 Å². The van der Waals surface area contributed by atoms with Crippen molar-refractivity contribution in [2.75, 3.05) is 0 Å². The van der Waals surface area contributed by atoms with Gasteiger partial charge in [-0.1, -0.05) is 25.4 Å². The lowest BCUT2D eigenvalue weighted by Gasteiger charge is -1.98. The van der Waals surface area contributed by atoms with Crippen LogP contribution in [0.4, 0.5) is 0 Å². The molecule has 0 aromatic carbocycles. The molecule has 2 heteroatoms. The smallest absolute Gasteiger partial charge is 0.0931 e. The second-order valence-corrected chi connectivity index (χ2v) is 4.39. The van der Waals surface area contributed by atoms with Crippen LogP contribution in [0.2, 0.25) is 4.34 Å². The summed E-state index contributed by atoms with van der Waals surface area (Å²) in [6.07, 6.45) is 1.07. The van der Waals surface area contributed by atoms with Crippen LogP contribution in [-0.4, -0.2) is 0 Å². The number of hydrogen-bond acceptors (Lipinski definition) is 1. The van der Waals surface area contributed by atoms with Crippen molar-refractivity contribution in [2.24, 2.45) is 0 Å². The van der Waals surface area contributed by atoms with Crippen LogP contribution in [0.15, 0.2) is 12.1 Å². The minimum atomic E-state index is 0.885. The van der Waals surface area contributed by atoms with Gasteiger partial charge in [0.05, 0.1) is 4.34 Å². The lowest BCUT2D eigenvalue weighted by Crippen LogP contribution is -1.86. The molecule has 0 amide bonds. The van der Waals surface area contributed by atoms with E-state index in [4.69, 9.17) is 11.6 Å². The molecule has 0 N–H and O–H groups in total. The molecule has 1 aromatic rings. The van der Waals surface area contributed by atoms with E-state index < -0.39 is 0 Å². The summed E-state index contributed by atoms with van der Waals surface area (Å²) in [6, 6.07) is 4.03. The maximum atomic E-state index is 5.75. The number of rotatable bonds is 2. The summed E-state index contributed by atoms with van der Waals surface area (Å²) < 4.78 is 0.885. The third-order valence-corrected chi connectivity index (χ3v) is 2.39. The fourth-order valence-electron chi connectivity index (χ4n) is 0.795. The van der Waals surface area contributed by atoms with Crippen molar-refractivity contribution in [3.8, 4) is 0 Å². The fraction of sp³-hybridized carbons (Fsp3) is 0.375. The minimum Gasteiger partial charge on any atom is -0.128 e. The molecule has 0 spiro atoms. The van der Waals surface area contributed by atoms with E-state index in [9.17, 15) is 0 Å². The van der Waals surface area contributed by atoms with Gasteiger partial charge in [0, 0.05) is 4.88 Å². The zero-order valence-electron chi connectivity index (χ0n) is 6.15. The maximum absolute atomic E-state index is 5.75. The van der Waals surface area contributed by atoms with Crippen LogP contribution >= 0.6 is 22.9 Å². The molecule has 0 aliphatic heterocycles. The molecule has 0 unspecified atom stereocenters. The summed E-state index contributed by atoms with van der Waals surface area (Å²) in [7, 11) is 0. The molecule has 1 aromatic heterocycles. The van der Waals surface area contributed by atoms with Gasteiger partial charge >= 0.3 is 0 Å². The highest BCUT2D eigenvalue weighted by molar-refractivity contribution is 7.16. The Balaban J connectivity index is 2.58. The Kier molecular flexibility index (Phi) is 2.75. The van der Waals surface area contributed by atoms with Crippen LogP contribution in [0.3, 0.4) is 0 Å². The fourth-order valence-corrected chi connectivity index (χ4v) is 2.04. The van der Waals surface area contributed by atoms with E-state index in [1.807, 2.05) is 6.07 Å². The molecule has 0 fully saturated rings. The van der Waals surface area contributed by atoms with Crippen LogP contribution in [0.5, 0.6) is 0 Å². The molecule has 0 atom stereocenters. The van der Waals surface area contributed by atoms with Gasteiger partial charge in [-0.25, -0.2) is 0 Å². The first kappa shape index (κ1) is 8.09. The van der Waals surface area contributed by atoms with E-state index in [1.165, 1.54) is 10.8 Å². The molecule has 0 aliphatic rings. The van der Waals surface area contributed by atoms with E-state index in [1.54, 1.807) is 11.3 Å². The summed E-state index contributed by atoms with van der Waals surface area (Å²) in [5.74, 6) is 1.43. The molecular weight excluding hydrogens is 164 g/mol. The highest BCUT2D eigenvalue weighted by Crippen LogP contribution is 2.23. The van der Waals surface area contributed by atoms with Crippen LogP contribution in [-0.2, 0) is 6.42 Å². The van der Waals surface area contributed by atoms with Crippen molar-refractivity contribution >= 4 is 22.9 Å². The van der Waals surface area contributed by atoms with Gasteiger partial charge < -0.3 is 0 Å². The topological polar surface area (TPSA) is 0 Å². The Bertz CT molecular complexity index is 203. The van der Waals surface area contributed by atoms with Crippen molar-refractivity contribution in [3.63, 3.8) is 0 Å². The van der Waals surface area contributed by atoms with Crippen molar-refractivity contribution in [1.29, 1.82) is 0 Å². The van der Waals surface area contributed by atoms with Crippen LogP contribution < -0.4 is 0 Å². The normalized spacial score (nSPS) is 10.8. The average Bonchev–Trinajstić information content (AvgIpc) is 2.13. The van der Waals surface area contributed by atoms with E-state index in [0.29, 0.717) is 0 Å². The van der Waals surface area contributed by atoms with Crippen molar-refractivity contribution < 1.29 is 0 Å². The summed E-state index contributed by atoms with van der Waals surface area (Å²) in [4.78, 5) is 1.35. The monoisotopic (exact) mass is 173 g/mol. The first-order valence-electron chi connectivity index (χ1n) is 3.22. The number of thiophene rings is 1. The summed E-state index contributed by atoms with van der Waals surface area (Å²) in [5, 5.41) is 0. The highest BCUT2D eigenvalue weighted by Gasteiger charge is 2.00. The zero-order valence-corrected chi connectivity index (χ0v) is 7.72. The molecule has 0 saturated heterocycles. The molecule has 0 aliphatic carbocycles. The SMILES string of the molecule is C[C](C)Cc1ccc(Cl)s1. The van der Waals surface area contributed by atoms with Gasteiger partial charge in [0.25, 0.3) is 0 Å². The van der Waals surface area contributed by atoms with E-state index in [0.717, 1.165) is 10.8 Å². The standard InChI is InChI=1S/C8H10ClS/c1-6(2)5-7-3-4-8(9)10-7/h3-4H,5H2,1-2H3. The summed E-state index contributed by atoms with van der Waals surface area (Å²) >= 11 is 7.41. The predicted molar refractivity (Wildman–Crippen MR) is 47.6 cm³/mol. The third kappa shape index (κ3) is 2.31. The predicted octanol–water partition coefficient (Wildman–Crippen LogP) is 3.56. The Hall–Kier alpha value is -0.0100. The van der Waals surface area contributed by atoms with E-state index in [2.05, 4.69) is 19.9 Å². The van der Waals surface area contributed by atoms with Crippen LogP contribution in [0, 0.1) is 5.92 Å². The first-order valence-corrected chi connectivity index (χ1v) is 4.41. The number of hydrogen-bond donors (Lipinski definition) is 0. The Morgan fingerprint density at radius 3 is 2.60 bits per heavy atom. The van der Waals surface area contributed by atoms with Crippen molar-refractivity contribution in [2.45, 2.75) is 20.3 Å². The molecule has 10 heavy (non-hydrogen) atoms. The van der Waals surface area contributed by atoms with Gasteiger partial charge in [-0.05, 0) is 24.5 Å². The Morgan fingerprint density at radius 2 is 2.20 bits per heavy atom. The summed E-state index contributed by atoms with van der Waals surface area (Å²) in [6.45, 7) is 4.27. The summed E-state index contributed by atoms with van der Waals surface area (Å²) in [5.41, 5.74) is 0. The van der Waals surface area contributed by atoms with Gasteiger partial charge in [0.15, 0.2) is 0 Å². The lowest BCUT2D eigenvalue weighted by atomic mass is 10.1. The second-order valence-electron chi connectivity index (χ2n) is 2.59. The molecule has 0 bridgehead atoms. The maximum Gasteiger partial charge on any atom is 0.0931 e. The molecule has 1 rings (SSSR count). The van der Waals surface area contributed by atoms with E-state index in [-0.39, 0.29) is 0 Å². The molecule has 1 heterocycles. The molecule has 1 radical (unpaired) electrons. The van der Waals surface area contributed by atoms with Crippen molar-refractivity contribution in [1.82, 2.24) is 0 Å². The third-order valence-electron chi connectivity index (χ3n) is 1.16. The Morgan fingerprint density at radius 1 is 1.50 bits per heavy atom. The second kappa shape index (κ2) is 3.40. The average molecular weight is 174 g/mol. The van der Waals surface area contributed by atoms with Crippen LogP contribution in [0.25, 0.3) is 0 Å². The van der Waals surface area contributed by atoms with Gasteiger partial charge in [0.1, 0.15) is 0 Å². The number of halogens is 1. The minimum absolute atomic E-state index is 0.885. The zero-order chi connectivity index (χ0) is 7.56. The van der Waals surface area contributed by atoms with Gasteiger partial charge in [-0.15, -0.1) is 11.3 Å². The van der Waals surface area contributed by atoms with Gasteiger partial charge in [0.2, 0.25) is 0 Å². The molecule has 0 saturated carbocycles. The van der Waals surface area contributed by atoms with Crippen LogP contribution in [0.1, 0.15) is 18.7 Å². The first-order chi connectivity index (χ1) is 4.68. The molecular formula is C8H10ClS. The quantitative estimate of drug-likeness (QED) is 0.642. The van der Waals surface area contributed by atoms with E-state index >= 15 is 0 Å². The molecule has 55 valence electrons. The molecule has 0 nitrogen and oxygen atoms in total. The largest absolute Gasteiger partial charge is 0.128 e. The Labute approximate surface area is 70.8 Å². The van der Waals surface area contributed by atoms with Gasteiger partial charge in [-0.3, -0.25) is 0 Å².